The summed E-state index contributed by atoms with van der Waals surface area (Å²) in [5.41, 5.74) is 3.25. The minimum Gasteiger partial charge on any atom is -0.322 e. The number of carbonyl (C=O) groups excluding carboxylic acids is 1. The Bertz CT molecular complexity index is 1130. The molecule has 0 spiro atoms. The van der Waals surface area contributed by atoms with Gasteiger partial charge < -0.3 is 5.32 Å². The summed E-state index contributed by atoms with van der Waals surface area (Å²) in [6.45, 7) is 3.82. The molecule has 3 aromatic carbocycles. The first-order valence-corrected chi connectivity index (χ1v) is 10.4. The molecule has 0 saturated carbocycles. The van der Waals surface area contributed by atoms with E-state index in [-0.39, 0.29) is 10.8 Å². The average molecular weight is 415 g/mol. The van der Waals surface area contributed by atoms with E-state index in [0.717, 1.165) is 11.1 Å². The fraction of sp³-hybridized carbons (Fsp3) is 0.0952. The highest BCUT2D eigenvalue weighted by Crippen LogP contribution is 2.21. The Hall–Kier alpha value is -2.83. The standard InChI is InChI=1S/C21H19ClN2O3S/c1-14-6-11-20(15(2)12-14)21(25)23-18-4-3-5-19(13-18)28(26,27)24-17-9-7-16(22)8-10-17/h3-13,24H,1-2H3,(H,23,25). The highest BCUT2D eigenvalue weighted by Gasteiger charge is 2.16. The second kappa shape index (κ2) is 8.04. The first-order chi connectivity index (χ1) is 13.2. The van der Waals surface area contributed by atoms with Gasteiger partial charge in [0.2, 0.25) is 0 Å². The van der Waals surface area contributed by atoms with Crippen LogP contribution in [0.2, 0.25) is 5.02 Å². The maximum absolute atomic E-state index is 12.6. The summed E-state index contributed by atoms with van der Waals surface area (Å²) < 4.78 is 27.7. The monoisotopic (exact) mass is 414 g/mol. The summed E-state index contributed by atoms with van der Waals surface area (Å²) in [7, 11) is -3.81. The largest absolute Gasteiger partial charge is 0.322 e. The van der Waals surface area contributed by atoms with Gasteiger partial charge in [-0.1, -0.05) is 35.4 Å². The van der Waals surface area contributed by atoms with E-state index >= 15 is 0 Å². The van der Waals surface area contributed by atoms with Gasteiger partial charge in [0.1, 0.15) is 0 Å². The number of hydrogen-bond donors (Lipinski definition) is 2. The van der Waals surface area contributed by atoms with Crippen LogP contribution in [0.5, 0.6) is 0 Å². The fourth-order valence-electron chi connectivity index (χ4n) is 2.74. The summed E-state index contributed by atoms with van der Waals surface area (Å²) in [4.78, 5) is 12.6. The van der Waals surface area contributed by atoms with Crippen molar-refractivity contribution in [1.29, 1.82) is 0 Å². The maximum atomic E-state index is 12.6. The van der Waals surface area contributed by atoms with E-state index in [0.29, 0.717) is 22.0 Å². The smallest absolute Gasteiger partial charge is 0.261 e. The summed E-state index contributed by atoms with van der Waals surface area (Å²) in [6.07, 6.45) is 0. The van der Waals surface area contributed by atoms with Crippen LogP contribution in [0.4, 0.5) is 11.4 Å². The first kappa shape index (κ1) is 19.9. The molecule has 0 heterocycles. The van der Waals surface area contributed by atoms with Gasteiger partial charge in [-0.15, -0.1) is 0 Å². The molecule has 0 bridgehead atoms. The number of carbonyl (C=O) groups is 1. The van der Waals surface area contributed by atoms with Crippen LogP contribution >= 0.6 is 11.6 Å². The molecule has 2 N–H and O–H groups in total. The fourth-order valence-corrected chi connectivity index (χ4v) is 3.97. The summed E-state index contributed by atoms with van der Waals surface area (Å²) >= 11 is 5.82. The number of amides is 1. The molecular formula is C21H19ClN2O3S. The van der Waals surface area contributed by atoms with Crippen LogP contribution in [0, 0.1) is 13.8 Å². The van der Waals surface area contributed by atoms with Gasteiger partial charge in [-0.3, -0.25) is 9.52 Å². The molecule has 0 unspecified atom stereocenters. The van der Waals surface area contributed by atoms with Crippen molar-refractivity contribution in [3.63, 3.8) is 0 Å². The number of benzene rings is 3. The van der Waals surface area contributed by atoms with Crippen LogP contribution in [-0.2, 0) is 10.0 Å². The lowest BCUT2D eigenvalue weighted by atomic mass is 10.1. The van der Waals surface area contributed by atoms with E-state index in [1.807, 2.05) is 26.0 Å². The number of nitrogens with one attached hydrogen (secondary N) is 2. The Morgan fingerprint density at radius 1 is 0.893 bits per heavy atom. The third-order valence-corrected chi connectivity index (χ3v) is 5.76. The van der Waals surface area contributed by atoms with Crippen molar-refractivity contribution in [3.8, 4) is 0 Å². The number of anilines is 2. The van der Waals surface area contributed by atoms with E-state index < -0.39 is 10.0 Å². The molecule has 0 aliphatic heterocycles. The molecule has 7 heteroatoms. The van der Waals surface area contributed by atoms with E-state index in [1.165, 1.54) is 12.1 Å². The van der Waals surface area contributed by atoms with Gasteiger partial charge in [-0.05, 0) is 67.9 Å². The molecule has 5 nitrogen and oxygen atoms in total. The predicted molar refractivity (Wildman–Crippen MR) is 113 cm³/mol. The number of aryl methyl sites for hydroxylation is 2. The van der Waals surface area contributed by atoms with Crippen LogP contribution < -0.4 is 10.0 Å². The van der Waals surface area contributed by atoms with Crippen molar-refractivity contribution in [1.82, 2.24) is 0 Å². The average Bonchev–Trinajstić information content (AvgIpc) is 2.63. The summed E-state index contributed by atoms with van der Waals surface area (Å²) in [6, 6.07) is 18.0. The zero-order valence-corrected chi connectivity index (χ0v) is 16.9. The lowest BCUT2D eigenvalue weighted by molar-refractivity contribution is 0.102. The van der Waals surface area contributed by atoms with Crippen molar-refractivity contribution in [2.45, 2.75) is 18.7 Å². The zero-order valence-electron chi connectivity index (χ0n) is 15.4. The Kier molecular flexibility index (Phi) is 5.72. The minimum atomic E-state index is -3.81. The van der Waals surface area contributed by atoms with Crippen LogP contribution in [0.25, 0.3) is 0 Å². The minimum absolute atomic E-state index is 0.0425. The van der Waals surface area contributed by atoms with Crippen LogP contribution in [0.1, 0.15) is 21.5 Å². The van der Waals surface area contributed by atoms with Crippen molar-refractivity contribution in [3.05, 3.63) is 88.4 Å². The second-order valence-corrected chi connectivity index (χ2v) is 8.53. The highest BCUT2D eigenvalue weighted by molar-refractivity contribution is 7.92. The predicted octanol–water partition coefficient (Wildman–Crippen LogP) is 5.01. The highest BCUT2D eigenvalue weighted by atomic mass is 35.5. The number of hydrogen-bond acceptors (Lipinski definition) is 3. The van der Waals surface area contributed by atoms with Gasteiger partial charge >= 0.3 is 0 Å². The molecule has 0 atom stereocenters. The van der Waals surface area contributed by atoms with Gasteiger partial charge in [0.05, 0.1) is 4.90 Å². The van der Waals surface area contributed by atoms with Gasteiger partial charge in [-0.2, -0.15) is 0 Å². The van der Waals surface area contributed by atoms with Crippen LogP contribution in [0.15, 0.2) is 71.6 Å². The Morgan fingerprint density at radius 2 is 1.61 bits per heavy atom. The van der Waals surface area contributed by atoms with Gasteiger partial charge in [0, 0.05) is 22.0 Å². The van der Waals surface area contributed by atoms with Crippen LogP contribution in [-0.4, -0.2) is 14.3 Å². The SMILES string of the molecule is Cc1ccc(C(=O)Nc2cccc(S(=O)(=O)Nc3ccc(Cl)cc3)c2)c(C)c1. The van der Waals surface area contributed by atoms with Crippen molar-refractivity contribution in [2.75, 3.05) is 10.0 Å². The van der Waals surface area contributed by atoms with Crippen LogP contribution in [0.3, 0.4) is 0 Å². The topological polar surface area (TPSA) is 75.3 Å². The van der Waals surface area contributed by atoms with Gasteiger partial charge in [0.25, 0.3) is 15.9 Å². The first-order valence-electron chi connectivity index (χ1n) is 8.52. The second-order valence-electron chi connectivity index (χ2n) is 6.41. The number of sulfonamides is 1. The van der Waals surface area contributed by atoms with Crippen molar-refractivity contribution < 1.29 is 13.2 Å². The summed E-state index contributed by atoms with van der Waals surface area (Å²) in [5.74, 6) is -0.294. The van der Waals surface area contributed by atoms with E-state index in [9.17, 15) is 13.2 Å². The summed E-state index contributed by atoms with van der Waals surface area (Å²) in [5, 5.41) is 3.27. The molecule has 0 fully saturated rings. The van der Waals surface area contributed by atoms with Crippen molar-refractivity contribution >= 4 is 38.9 Å². The lowest BCUT2D eigenvalue weighted by Gasteiger charge is -2.11. The van der Waals surface area contributed by atoms with E-state index in [1.54, 1.807) is 42.5 Å². The lowest BCUT2D eigenvalue weighted by Crippen LogP contribution is -2.15. The molecule has 0 radical (unpaired) electrons. The molecule has 0 saturated heterocycles. The Morgan fingerprint density at radius 3 is 2.29 bits per heavy atom. The molecule has 28 heavy (non-hydrogen) atoms. The van der Waals surface area contributed by atoms with E-state index in [4.69, 9.17) is 11.6 Å². The normalized spacial score (nSPS) is 11.1. The third-order valence-electron chi connectivity index (χ3n) is 4.13. The maximum Gasteiger partial charge on any atom is 0.261 e. The molecular weight excluding hydrogens is 396 g/mol. The molecule has 144 valence electrons. The zero-order chi connectivity index (χ0) is 20.3. The van der Waals surface area contributed by atoms with E-state index in [2.05, 4.69) is 10.0 Å². The molecule has 1 amide bonds. The van der Waals surface area contributed by atoms with Gasteiger partial charge in [-0.25, -0.2) is 8.42 Å². The number of halogens is 1. The molecule has 0 aromatic heterocycles. The third kappa shape index (κ3) is 4.71. The Labute approximate surface area is 169 Å². The Balaban J connectivity index is 1.81. The molecule has 0 aliphatic carbocycles. The molecule has 3 rings (SSSR count). The number of rotatable bonds is 5. The quantitative estimate of drug-likeness (QED) is 0.616. The molecule has 0 aliphatic rings. The van der Waals surface area contributed by atoms with Crippen molar-refractivity contribution in [2.24, 2.45) is 0 Å². The molecule has 3 aromatic rings. The van der Waals surface area contributed by atoms with Gasteiger partial charge in [0.15, 0.2) is 0 Å².